The Kier molecular flexibility index (Phi) is 6.12. The molecule has 0 aliphatic rings. The van der Waals surface area contributed by atoms with E-state index in [1.54, 1.807) is 0 Å². The molecule has 0 aliphatic carbocycles. The summed E-state index contributed by atoms with van der Waals surface area (Å²) in [6.07, 6.45) is 1.89. The van der Waals surface area contributed by atoms with Gasteiger partial charge < -0.3 is 11.1 Å². The van der Waals surface area contributed by atoms with Crippen molar-refractivity contribution in [3.63, 3.8) is 0 Å². The number of fused-ring (bicyclic) bond motifs is 1. The van der Waals surface area contributed by atoms with E-state index in [-0.39, 0.29) is 18.3 Å². The highest BCUT2D eigenvalue weighted by atomic mass is 35.5. The molecule has 2 aromatic rings. The van der Waals surface area contributed by atoms with Crippen molar-refractivity contribution in [3.8, 4) is 0 Å². The number of halogens is 1. The molecule has 0 aliphatic heterocycles. The maximum atomic E-state index is 11.8. The second kappa shape index (κ2) is 7.36. The smallest absolute Gasteiger partial charge is 0.261 e. The van der Waals surface area contributed by atoms with E-state index in [0.29, 0.717) is 13.1 Å². The van der Waals surface area contributed by atoms with Crippen LogP contribution in [0.1, 0.15) is 22.5 Å². The molecule has 1 aromatic heterocycles. The van der Waals surface area contributed by atoms with Crippen LogP contribution >= 0.6 is 23.7 Å². The zero-order valence-corrected chi connectivity index (χ0v) is 11.7. The average molecular weight is 285 g/mol. The number of nitrogens with one attached hydrogen (secondary N) is 1. The fourth-order valence-corrected chi connectivity index (χ4v) is 2.63. The van der Waals surface area contributed by atoms with E-state index in [1.807, 2.05) is 30.3 Å². The molecule has 3 nitrogen and oxygen atoms in total. The van der Waals surface area contributed by atoms with E-state index in [0.717, 1.165) is 27.8 Å². The summed E-state index contributed by atoms with van der Waals surface area (Å²) in [6.45, 7) is 1.38. The zero-order valence-electron chi connectivity index (χ0n) is 10.0. The fraction of sp³-hybridized carbons (Fsp3) is 0.308. The summed E-state index contributed by atoms with van der Waals surface area (Å²) in [7, 11) is 0. The second-order valence-electron chi connectivity index (χ2n) is 3.90. The van der Waals surface area contributed by atoms with Gasteiger partial charge in [-0.05, 0) is 36.9 Å². The van der Waals surface area contributed by atoms with Crippen LogP contribution in [-0.4, -0.2) is 19.0 Å². The lowest BCUT2D eigenvalue weighted by Crippen LogP contribution is -2.23. The lowest BCUT2D eigenvalue weighted by Gasteiger charge is -2.01. The summed E-state index contributed by atoms with van der Waals surface area (Å²) in [6, 6.07) is 9.97. The monoisotopic (exact) mass is 284 g/mol. The Morgan fingerprint density at radius 1 is 1.28 bits per heavy atom. The van der Waals surface area contributed by atoms with E-state index in [4.69, 9.17) is 5.73 Å². The normalized spacial score (nSPS) is 10.1. The number of unbranched alkanes of at least 4 members (excludes halogenated alkanes) is 1. The zero-order chi connectivity index (χ0) is 12.1. The van der Waals surface area contributed by atoms with E-state index >= 15 is 0 Å². The molecule has 0 spiro atoms. The number of amides is 1. The van der Waals surface area contributed by atoms with Crippen LogP contribution in [0.4, 0.5) is 0 Å². The fourth-order valence-electron chi connectivity index (χ4n) is 1.65. The van der Waals surface area contributed by atoms with Gasteiger partial charge in [0.25, 0.3) is 5.91 Å². The topological polar surface area (TPSA) is 55.1 Å². The van der Waals surface area contributed by atoms with E-state index in [9.17, 15) is 4.79 Å². The number of carbonyl (C=O) groups excluding carboxylic acids is 1. The Balaban J connectivity index is 0.00000162. The van der Waals surface area contributed by atoms with Gasteiger partial charge in [0.1, 0.15) is 0 Å². The van der Waals surface area contributed by atoms with Gasteiger partial charge in [0.15, 0.2) is 0 Å². The van der Waals surface area contributed by atoms with Gasteiger partial charge in [0, 0.05) is 11.2 Å². The van der Waals surface area contributed by atoms with Crippen LogP contribution in [0.25, 0.3) is 10.1 Å². The molecule has 0 saturated carbocycles. The number of nitrogens with two attached hydrogens (primary N) is 1. The molecule has 18 heavy (non-hydrogen) atoms. The Morgan fingerprint density at radius 2 is 2.06 bits per heavy atom. The van der Waals surface area contributed by atoms with Crippen molar-refractivity contribution < 1.29 is 4.79 Å². The van der Waals surface area contributed by atoms with Gasteiger partial charge in [0.05, 0.1) is 4.88 Å². The predicted molar refractivity (Wildman–Crippen MR) is 79.7 cm³/mol. The van der Waals surface area contributed by atoms with Crippen LogP contribution in [0.5, 0.6) is 0 Å². The van der Waals surface area contributed by atoms with Crippen LogP contribution in [0.15, 0.2) is 30.3 Å². The van der Waals surface area contributed by atoms with Gasteiger partial charge in [-0.25, -0.2) is 0 Å². The SMILES string of the molecule is Cl.NCCCCNC(=O)c1cc2ccccc2s1. The first-order chi connectivity index (χ1) is 8.31. The van der Waals surface area contributed by atoms with E-state index in [1.165, 1.54) is 11.3 Å². The molecule has 0 atom stereocenters. The summed E-state index contributed by atoms with van der Waals surface area (Å²) in [5.74, 6) is 0.0169. The van der Waals surface area contributed by atoms with Gasteiger partial charge in [-0.3, -0.25) is 4.79 Å². The summed E-state index contributed by atoms with van der Waals surface area (Å²) in [5, 5.41) is 4.04. The Bertz CT molecular complexity index is 479. The molecular weight excluding hydrogens is 268 g/mol. The summed E-state index contributed by atoms with van der Waals surface area (Å²) in [5.41, 5.74) is 5.40. The van der Waals surface area contributed by atoms with Gasteiger partial charge in [-0.15, -0.1) is 23.7 Å². The third kappa shape index (κ3) is 3.70. The average Bonchev–Trinajstić information content (AvgIpc) is 2.78. The summed E-state index contributed by atoms with van der Waals surface area (Å²) >= 11 is 1.53. The van der Waals surface area contributed by atoms with Crippen LogP contribution in [0.3, 0.4) is 0 Å². The second-order valence-corrected chi connectivity index (χ2v) is 4.98. The van der Waals surface area contributed by atoms with Crippen LogP contribution in [0.2, 0.25) is 0 Å². The molecule has 0 saturated heterocycles. The Hall–Kier alpha value is -1.10. The van der Waals surface area contributed by atoms with E-state index < -0.39 is 0 Å². The third-order valence-corrected chi connectivity index (χ3v) is 3.68. The van der Waals surface area contributed by atoms with Gasteiger partial charge in [-0.1, -0.05) is 18.2 Å². The molecule has 5 heteroatoms. The standard InChI is InChI=1S/C13H16N2OS.ClH/c14-7-3-4-8-15-13(16)12-9-10-5-1-2-6-11(10)17-12;/h1-2,5-6,9H,3-4,7-8,14H2,(H,15,16);1H. The van der Waals surface area contributed by atoms with Crippen molar-refractivity contribution in [1.29, 1.82) is 0 Å². The minimum atomic E-state index is 0. The maximum absolute atomic E-state index is 11.8. The third-order valence-electron chi connectivity index (χ3n) is 2.57. The van der Waals surface area contributed by atoms with Crippen molar-refractivity contribution >= 4 is 39.7 Å². The number of benzene rings is 1. The minimum absolute atomic E-state index is 0. The number of hydrogen-bond donors (Lipinski definition) is 2. The molecule has 2 rings (SSSR count). The first-order valence-corrected chi connectivity index (χ1v) is 6.60. The predicted octanol–water partition coefficient (Wildman–Crippen LogP) is 2.79. The highest BCUT2D eigenvalue weighted by molar-refractivity contribution is 7.20. The van der Waals surface area contributed by atoms with Gasteiger partial charge in [0.2, 0.25) is 0 Å². The molecule has 3 N–H and O–H groups in total. The molecule has 1 heterocycles. The quantitative estimate of drug-likeness (QED) is 0.830. The molecule has 0 fully saturated rings. The largest absolute Gasteiger partial charge is 0.351 e. The summed E-state index contributed by atoms with van der Waals surface area (Å²) < 4.78 is 1.15. The van der Waals surface area contributed by atoms with Crippen molar-refractivity contribution in [2.75, 3.05) is 13.1 Å². The van der Waals surface area contributed by atoms with Crippen molar-refractivity contribution in [1.82, 2.24) is 5.32 Å². The number of carbonyl (C=O) groups is 1. The van der Waals surface area contributed by atoms with Gasteiger partial charge >= 0.3 is 0 Å². The van der Waals surface area contributed by atoms with Crippen molar-refractivity contribution in [2.24, 2.45) is 5.73 Å². The van der Waals surface area contributed by atoms with Crippen LogP contribution in [-0.2, 0) is 0 Å². The number of rotatable bonds is 5. The molecule has 1 amide bonds. The lowest BCUT2D eigenvalue weighted by molar-refractivity contribution is 0.0957. The minimum Gasteiger partial charge on any atom is -0.351 e. The molecule has 0 bridgehead atoms. The maximum Gasteiger partial charge on any atom is 0.261 e. The number of hydrogen-bond acceptors (Lipinski definition) is 3. The molecule has 0 unspecified atom stereocenters. The van der Waals surface area contributed by atoms with Crippen LogP contribution < -0.4 is 11.1 Å². The van der Waals surface area contributed by atoms with E-state index in [2.05, 4.69) is 5.32 Å². The molecule has 98 valence electrons. The molecule has 1 aromatic carbocycles. The van der Waals surface area contributed by atoms with Crippen LogP contribution in [0, 0.1) is 0 Å². The Morgan fingerprint density at radius 3 is 2.78 bits per heavy atom. The Labute approximate surface area is 117 Å². The van der Waals surface area contributed by atoms with Crippen molar-refractivity contribution in [2.45, 2.75) is 12.8 Å². The first-order valence-electron chi connectivity index (χ1n) is 5.78. The highest BCUT2D eigenvalue weighted by Gasteiger charge is 2.08. The highest BCUT2D eigenvalue weighted by Crippen LogP contribution is 2.24. The number of thiophene rings is 1. The van der Waals surface area contributed by atoms with Gasteiger partial charge in [-0.2, -0.15) is 0 Å². The van der Waals surface area contributed by atoms with Crippen molar-refractivity contribution in [3.05, 3.63) is 35.2 Å². The first kappa shape index (κ1) is 15.0. The molecule has 0 radical (unpaired) electrons. The molecular formula is C13H17ClN2OS. The summed E-state index contributed by atoms with van der Waals surface area (Å²) in [4.78, 5) is 12.6. The lowest BCUT2D eigenvalue weighted by atomic mass is 10.2.